The zero-order chi connectivity index (χ0) is 17.0. The fourth-order valence-corrected chi connectivity index (χ4v) is 3.75. The summed E-state index contributed by atoms with van der Waals surface area (Å²) in [4.78, 5) is 0.184. The molecule has 0 aliphatic carbocycles. The lowest BCUT2D eigenvalue weighted by Crippen LogP contribution is -2.25. The van der Waals surface area contributed by atoms with E-state index in [0.29, 0.717) is 17.2 Å². The van der Waals surface area contributed by atoms with Crippen molar-refractivity contribution >= 4 is 15.7 Å². The van der Waals surface area contributed by atoms with Crippen molar-refractivity contribution in [3.05, 3.63) is 60.7 Å². The molecule has 126 valence electrons. The van der Waals surface area contributed by atoms with Crippen LogP contribution < -0.4 is 9.04 Å². The van der Waals surface area contributed by atoms with Crippen LogP contribution >= 0.6 is 0 Å². The van der Waals surface area contributed by atoms with E-state index in [9.17, 15) is 8.42 Å². The molecule has 0 aromatic heterocycles. The van der Waals surface area contributed by atoms with Gasteiger partial charge in [-0.05, 0) is 30.7 Å². The Hall–Kier alpha value is -2.31. The van der Waals surface area contributed by atoms with Gasteiger partial charge in [-0.25, -0.2) is 8.42 Å². The van der Waals surface area contributed by atoms with Gasteiger partial charge in [0.1, 0.15) is 10.6 Å². The maximum atomic E-state index is 12.4. The molecule has 24 heavy (non-hydrogen) atoms. The number of anilines is 1. The van der Waals surface area contributed by atoms with E-state index in [4.69, 9.17) is 9.47 Å². The van der Waals surface area contributed by atoms with Gasteiger partial charge < -0.3 is 9.47 Å². The number of hydrogen-bond donors (Lipinski definition) is 0. The van der Waals surface area contributed by atoms with Crippen molar-refractivity contribution in [3.8, 4) is 11.5 Å². The highest BCUT2D eigenvalue weighted by Crippen LogP contribution is 2.41. The monoisotopic (exact) mass is 345 g/mol. The summed E-state index contributed by atoms with van der Waals surface area (Å²) in [7, 11) is -2.03. The Labute approximate surface area is 142 Å². The van der Waals surface area contributed by atoms with Crippen LogP contribution in [-0.2, 0) is 14.8 Å². The normalized spacial score (nSPS) is 17.5. The summed E-state index contributed by atoms with van der Waals surface area (Å²) >= 11 is 0. The number of fused-ring (bicyclic) bond motifs is 2. The molecule has 0 amide bonds. The maximum Gasteiger partial charge on any atom is 0.267 e. The Morgan fingerprint density at radius 3 is 2.29 bits per heavy atom. The topological polar surface area (TPSA) is 55.8 Å². The molecule has 0 bridgehead atoms. The first-order chi connectivity index (χ1) is 11.6. The second-order valence-electron chi connectivity index (χ2n) is 5.32. The second kappa shape index (κ2) is 7.07. The maximum absolute atomic E-state index is 12.4. The highest BCUT2D eigenvalue weighted by Gasteiger charge is 2.30. The highest BCUT2D eigenvalue weighted by atomic mass is 32.2. The van der Waals surface area contributed by atoms with E-state index in [1.807, 2.05) is 12.1 Å². The highest BCUT2D eigenvalue weighted by molar-refractivity contribution is 7.93. The van der Waals surface area contributed by atoms with Crippen LogP contribution in [0.25, 0.3) is 0 Å². The minimum Gasteiger partial charge on any atom is -0.454 e. The lowest BCUT2D eigenvalue weighted by atomic mass is 10.3. The Morgan fingerprint density at radius 1 is 0.958 bits per heavy atom. The van der Waals surface area contributed by atoms with E-state index in [0.717, 1.165) is 19.6 Å². The van der Waals surface area contributed by atoms with Gasteiger partial charge in [0.05, 0.1) is 18.9 Å². The van der Waals surface area contributed by atoms with Crippen LogP contribution in [0.5, 0.6) is 11.5 Å². The SMILES string of the molecule is C1=CCOCC1.CN1c2ccccc2Oc2ccccc2S1(=O)=O. The zero-order valence-electron chi connectivity index (χ0n) is 13.4. The smallest absolute Gasteiger partial charge is 0.267 e. The van der Waals surface area contributed by atoms with E-state index in [-0.39, 0.29) is 4.90 Å². The molecule has 2 aliphatic heterocycles. The molecule has 0 N–H and O–H groups in total. The average Bonchev–Trinajstić information content (AvgIpc) is 2.71. The molecule has 6 heteroatoms. The number of benzene rings is 2. The predicted molar refractivity (Wildman–Crippen MR) is 93.1 cm³/mol. The van der Waals surface area contributed by atoms with Crippen molar-refractivity contribution in [2.45, 2.75) is 11.3 Å². The van der Waals surface area contributed by atoms with Crippen LogP contribution in [0.2, 0.25) is 0 Å². The third-order valence-electron chi connectivity index (χ3n) is 3.72. The summed E-state index contributed by atoms with van der Waals surface area (Å²) in [5.74, 6) is 0.892. The van der Waals surface area contributed by atoms with E-state index < -0.39 is 10.0 Å². The fraction of sp³-hybridized carbons (Fsp3) is 0.222. The van der Waals surface area contributed by atoms with Crippen LogP contribution in [0, 0.1) is 0 Å². The number of ether oxygens (including phenoxy) is 2. The van der Waals surface area contributed by atoms with Gasteiger partial charge in [-0.1, -0.05) is 36.4 Å². The summed E-state index contributed by atoms with van der Waals surface area (Å²) in [6, 6.07) is 13.7. The predicted octanol–water partition coefficient (Wildman–Crippen LogP) is 3.58. The third-order valence-corrected chi connectivity index (χ3v) is 5.53. The molecule has 0 spiro atoms. The second-order valence-corrected chi connectivity index (χ2v) is 7.26. The lowest BCUT2D eigenvalue weighted by Gasteiger charge is -2.17. The first-order valence-electron chi connectivity index (χ1n) is 7.68. The van der Waals surface area contributed by atoms with Crippen LogP contribution in [0.15, 0.2) is 65.6 Å². The first kappa shape index (κ1) is 16.5. The largest absolute Gasteiger partial charge is 0.454 e. The summed E-state index contributed by atoms with van der Waals surface area (Å²) in [6.45, 7) is 1.73. The molecule has 0 saturated heterocycles. The van der Waals surface area contributed by atoms with E-state index in [2.05, 4.69) is 6.08 Å². The van der Waals surface area contributed by atoms with Gasteiger partial charge in [0.15, 0.2) is 5.75 Å². The van der Waals surface area contributed by atoms with Crippen molar-refractivity contribution < 1.29 is 17.9 Å². The van der Waals surface area contributed by atoms with Crippen LogP contribution in [0.4, 0.5) is 5.69 Å². The standard InChI is InChI=1S/C13H11NO3S.C5H8O/c1-14-10-6-2-3-7-11(10)17-12-8-4-5-9-13(12)18(14,15)16;1-2-4-6-5-3-1/h2-9H,1H3;1-2H,3-5H2. The van der Waals surface area contributed by atoms with Gasteiger partial charge in [0, 0.05) is 7.05 Å². The Morgan fingerprint density at radius 2 is 1.67 bits per heavy atom. The molecule has 2 aliphatic rings. The molecule has 4 rings (SSSR count). The van der Waals surface area contributed by atoms with Crippen molar-refractivity contribution in [2.75, 3.05) is 24.6 Å². The minimum atomic E-state index is -3.56. The molecule has 2 aromatic rings. The number of para-hydroxylation sites is 3. The van der Waals surface area contributed by atoms with E-state index in [1.165, 1.54) is 11.4 Å². The van der Waals surface area contributed by atoms with Crippen LogP contribution in [0.3, 0.4) is 0 Å². The average molecular weight is 345 g/mol. The van der Waals surface area contributed by atoms with Crippen LogP contribution in [-0.4, -0.2) is 28.7 Å². The lowest BCUT2D eigenvalue weighted by molar-refractivity contribution is 0.158. The third kappa shape index (κ3) is 3.29. The molecule has 0 atom stereocenters. The van der Waals surface area contributed by atoms with Gasteiger partial charge in [-0.2, -0.15) is 0 Å². The zero-order valence-corrected chi connectivity index (χ0v) is 14.2. The molecule has 2 heterocycles. The van der Waals surface area contributed by atoms with Gasteiger partial charge in [0.25, 0.3) is 10.0 Å². The van der Waals surface area contributed by atoms with Crippen molar-refractivity contribution in [2.24, 2.45) is 0 Å². The van der Waals surface area contributed by atoms with Crippen molar-refractivity contribution in [1.29, 1.82) is 0 Å². The molecule has 0 saturated carbocycles. The summed E-state index contributed by atoms with van der Waals surface area (Å²) < 4.78 is 36.8. The van der Waals surface area contributed by atoms with Crippen LogP contribution in [0.1, 0.15) is 6.42 Å². The van der Waals surface area contributed by atoms with E-state index in [1.54, 1.807) is 42.5 Å². The molecule has 0 unspecified atom stereocenters. The fourth-order valence-electron chi connectivity index (χ4n) is 2.44. The minimum absolute atomic E-state index is 0.184. The Balaban J connectivity index is 0.000000238. The molecular weight excluding hydrogens is 326 g/mol. The van der Waals surface area contributed by atoms with Gasteiger partial charge >= 0.3 is 0 Å². The summed E-state index contributed by atoms with van der Waals surface area (Å²) in [5, 5.41) is 0. The first-order valence-corrected chi connectivity index (χ1v) is 9.12. The van der Waals surface area contributed by atoms with Crippen molar-refractivity contribution in [1.82, 2.24) is 0 Å². The van der Waals surface area contributed by atoms with E-state index >= 15 is 0 Å². The van der Waals surface area contributed by atoms with Crippen molar-refractivity contribution in [3.63, 3.8) is 0 Å². The molecular formula is C18H19NO4S. The number of rotatable bonds is 0. The Kier molecular flexibility index (Phi) is 4.87. The molecule has 0 radical (unpaired) electrons. The number of sulfonamides is 1. The Bertz CT molecular complexity index is 838. The van der Waals surface area contributed by atoms with Gasteiger partial charge in [0.2, 0.25) is 0 Å². The quantitative estimate of drug-likeness (QED) is 0.685. The van der Waals surface area contributed by atoms with Gasteiger partial charge in [-0.15, -0.1) is 0 Å². The number of nitrogens with zero attached hydrogens (tertiary/aromatic N) is 1. The molecule has 5 nitrogen and oxygen atoms in total. The van der Waals surface area contributed by atoms with Gasteiger partial charge in [-0.3, -0.25) is 4.31 Å². The summed E-state index contributed by atoms with van der Waals surface area (Å²) in [5.41, 5.74) is 0.536. The molecule has 0 fully saturated rings. The molecule has 2 aromatic carbocycles. The summed E-state index contributed by atoms with van der Waals surface area (Å²) in [6.07, 6.45) is 5.28. The number of hydrogen-bond acceptors (Lipinski definition) is 4.